The molecule has 0 radical (unpaired) electrons. The number of thiol groups is 1. The maximum Gasteiger partial charge on any atom is 0.488 e. The van der Waals surface area contributed by atoms with Crippen molar-refractivity contribution in [2.24, 2.45) is 0 Å². The van der Waals surface area contributed by atoms with E-state index in [2.05, 4.69) is 46.8 Å². The van der Waals surface area contributed by atoms with E-state index in [9.17, 15) is 23.5 Å². The van der Waals surface area contributed by atoms with Crippen LogP contribution in [0, 0.1) is 0 Å². The van der Waals surface area contributed by atoms with Crippen LogP contribution in [0.15, 0.2) is 12.7 Å². The summed E-state index contributed by atoms with van der Waals surface area (Å²) in [6.07, 6.45) is 4.42. The van der Waals surface area contributed by atoms with Crippen LogP contribution in [0.4, 0.5) is 5.82 Å². The minimum atomic E-state index is -5.51. The first kappa shape index (κ1) is 31.3. The van der Waals surface area contributed by atoms with Crippen LogP contribution >= 0.6 is 35.9 Å². The molecule has 0 saturated heterocycles. The number of rotatable bonds is 18. The number of unbranched alkanes of at least 4 members (excludes halogenated alkanes) is 2. The van der Waals surface area contributed by atoms with Gasteiger partial charge in [-0.3, -0.25) is 4.57 Å². The van der Waals surface area contributed by atoms with Crippen molar-refractivity contribution >= 4 is 52.9 Å². The predicted octanol–water partition coefficient (Wildman–Crippen LogP) is 1.70. The summed E-state index contributed by atoms with van der Waals surface area (Å²) < 4.78 is 48.5. The van der Waals surface area contributed by atoms with Crippen molar-refractivity contribution in [3.05, 3.63) is 12.7 Å². The first-order valence-electron chi connectivity index (χ1n) is 10.8. The van der Waals surface area contributed by atoms with Crippen LogP contribution in [-0.4, -0.2) is 76.9 Å². The number of fused-ring (bicyclic) bond motifs is 1. The second kappa shape index (κ2) is 14.3. The molecule has 20 heteroatoms. The Kier molecular flexibility index (Phi) is 12.4. The molecule has 0 aliphatic carbocycles. The van der Waals surface area contributed by atoms with Crippen LogP contribution in [0.25, 0.3) is 11.2 Å². The number of nitrogens with zero attached hydrogens (tertiary/aromatic N) is 4. The Labute approximate surface area is 213 Å². The molecular formula is C16H31N6O10P3S. The first-order valence-corrected chi connectivity index (χ1v) is 16.2. The van der Waals surface area contributed by atoms with Gasteiger partial charge in [0, 0.05) is 13.1 Å². The van der Waals surface area contributed by atoms with Crippen LogP contribution in [0.2, 0.25) is 0 Å². The van der Waals surface area contributed by atoms with E-state index in [0.29, 0.717) is 23.5 Å². The van der Waals surface area contributed by atoms with E-state index in [1.54, 1.807) is 11.5 Å². The zero-order valence-corrected chi connectivity index (χ0v) is 23.0. The molecule has 36 heavy (non-hydrogen) atoms. The van der Waals surface area contributed by atoms with Crippen LogP contribution < -0.4 is 10.6 Å². The summed E-state index contributed by atoms with van der Waals surface area (Å²) in [5.41, 5.74) is 1.01. The molecule has 0 amide bonds. The Morgan fingerprint density at radius 3 is 2.47 bits per heavy atom. The highest BCUT2D eigenvalue weighted by Gasteiger charge is 2.39. The lowest BCUT2D eigenvalue weighted by Gasteiger charge is -2.19. The number of anilines is 1. The molecule has 2 aromatic heterocycles. The molecule has 0 bridgehead atoms. The molecule has 0 saturated carbocycles. The highest BCUT2D eigenvalue weighted by molar-refractivity contribution is 7.80. The third kappa shape index (κ3) is 11.6. The highest BCUT2D eigenvalue weighted by Crippen LogP contribution is 2.65. The van der Waals surface area contributed by atoms with Gasteiger partial charge in [-0.25, -0.2) is 28.4 Å². The van der Waals surface area contributed by atoms with E-state index in [1.165, 1.54) is 12.7 Å². The molecule has 0 spiro atoms. The van der Waals surface area contributed by atoms with Gasteiger partial charge in [0.05, 0.1) is 19.0 Å². The summed E-state index contributed by atoms with van der Waals surface area (Å²) in [6.45, 7) is 3.97. The summed E-state index contributed by atoms with van der Waals surface area (Å²) in [6, 6.07) is 0. The molecule has 2 heterocycles. The quantitative estimate of drug-likeness (QED) is 0.0742. The van der Waals surface area contributed by atoms with E-state index >= 15 is 0 Å². The lowest BCUT2D eigenvalue weighted by molar-refractivity contribution is 0.0757. The topological polar surface area (TPSA) is 227 Å². The second-order valence-corrected chi connectivity index (χ2v) is 12.8. The molecule has 0 aliphatic rings. The second-order valence-electron chi connectivity index (χ2n) is 7.62. The zero-order valence-electron chi connectivity index (χ0n) is 19.4. The summed E-state index contributed by atoms with van der Waals surface area (Å²) >= 11 is 4.19. The summed E-state index contributed by atoms with van der Waals surface area (Å²) in [5.74, 6) is 1.44. The van der Waals surface area contributed by atoms with Crippen molar-refractivity contribution in [3.63, 3.8) is 0 Å². The van der Waals surface area contributed by atoms with Crippen molar-refractivity contribution in [1.29, 1.82) is 0 Å². The van der Waals surface area contributed by atoms with E-state index in [0.717, 1.165) is 38.1 Å². The largest absolute Gasteiger partial charge is 0.488 e. The zero-order chi connectivity index (χ0) is 26.8. The van der Waals surface area contributed by atoms with Crippen LogP contribution in [0.3, 0.4) is 0 Å². The van der Waals surface area contributed by atoms with Gasteiger partial charge in [0.2, 0.25) is 0 Å². The molecule has 16 nitrogen and oxygen atoms in total. The van der Waals surface area contributed by atoms with Crippen molar-refractivity contribution in [2.75, 3.05) is 37.1 Å². The van der Waals surface area contributed by atoms with Crippen LogP contribution in [0.5, 0.6) is 0 Å². The van der Waals surface area contributed by atoms with Crippen molar-refractivity contribution in [2.45, 2.75) is 38.8 Å². The van der Waals surface area contributed by atoms with Gasteiger partial charge in [0.15, 0.2) is 11.5 Å². The Balaban J connectivity index is 1.87. The lowest BCUT2D eigenvalue weighted by Crippen LogP contribution is -2.23. The summed E-state index contributed by atoms with van der Waals surface area (Å²) in [4.78, 5) is 48.8. The number of hydrogen-bond donors (Lipinski definition) is 7. The maximum absolute atomic E-state index is 12.0. The standard InChI is InChI=1S/C16H31N6O10P3S/c1-13(30-12-33(23,24)31-35(28,29)32-34(25,26)27)9-22-11-21-14-15(19-10-20-16(14)22)18-7-6-17-5-3-2-4-8-36/h10-11,13,17,36H,2-9,12H2,1H3,(H,23,24)(H,28,29)(H,18,19,20)(H2,25,26,27)/t13-/m1/s1. The Hall–Kier alpha value is -0.930. The molecule has 2 rings (SSSR count). The third-order valence-corrected chi connectivity index (χ3v) is 8.74. The van der Waals surface area contributed by atoms with E-state index in [-0.39, 0.29) is 6.54 Å². The molecule has 2 aromatic rings. The van der Waals surface area contributed by atoms with Gasteiger partial charge in [-0.1, -0.05) is 6.42 Å². The minimum absolute atomic E-state index is 0.135. The fraction of sp³-hybridized carbons (Fsp3) is 0.688. The molecule has 3 atom stereocenters. The fourth-order valence-electron chi connectivity index (χ4n) is 2.96. The molecule has 2 unspecified atom stereocenters. The number of aromatic nitrogens is 4. The summed E-state index contributed by atoms with van der Waals surface area (Å²) in [7, 11) is -15.9. The molecule has 206 valence electrons. The average molecular weight is 592 g/mol. The van der Waals surface area contributed by atoms with Gasteiger partial charge >= 0.3 is 23.2 Å². The number of ether oxygens (including phenoxy) is 1. The van der Waals surface area contributed by atoms with E-state index < -0.39 is 35.7 Å². The Morgan fingerprint density at radius 2 is 1.78 bits per heavy atom. The maximum atomic E-state index is 12.0. The molecular weight excluding hydrogens is 561 g/mol. The van der Waals surface area contributed by atoms with Gasteiger partial charge in [-0.2, -0.15) is 16.9 Å². The molecule has 6 N–H and O–H groups in total. The van der Waals surface area contributed by atoms with Gasteiger partial charge < -0.3 is 39.5 Å². The van der Waals surface area contributed by atoms with Crippen molar-refractivity contribution in [1.82, 2.24) is 24.8 Å². The normalized spacial score (nSPS) is 16.5. The first-order chi connectivity index (χ1) is 16.8. The third-order valence-electron chi connectivity index (χ3n) is 4.42. The molecule has 0 aliphatic heterocycles. The molecule has 0 fully saturated rings. The van der Waals surface area contributed by atoms with Crippen molar-refractivity contribution < 1.29 is 46.6 Å². The van der Waals surface area contributed by atoms with Gasteiger partial charge in [0.25, 0.3) is 0 Å². The minimum Gasteiger partial charge on any atom is -0.367 e. The van der Waals surface area contributed by atoms with E-state index in [4.69, 9.17) is 14.5 Å². The Bertz CT molecular complexity index is 1120. The number of phosphoric acid groups is 2. The van der Waals surface area contributed by atoms with Crippen LogP contribution in [-0.2, 0) is 33.6 Å². The number of imidazole rings is 1. The van der Waals surface area contributed by atoms with Gasteiger partial charge in [-0.05, 0) is 32.1 Å². The van der Waals surface area contributed by atoms with Crippen LogP contribution in [0.1, 0.15) is 26.2 Å². The highest BCUT2D eigenvalue weighted by atomic mass is 32.1. The number of hydrogen-bond acceptors (Lipinski definition) is 12. The van der Waals surface area contributed by atoms with Gasteiger partial charge in [0.1, 0.15) is 18.2 Å². The molecule has 0 aromatic carbocycles. The Morgan fingerprint density at radius 1 is 1.03 bits per heavy atom. The monoisotopic (exact) mass is 592 g/mol. The van der Waals surface area contributed by atoms with Gasteiger partial charge in [-0.15, -0.1) is 0 Å². The predicted molar refractivity (Wildman–Crippen MR) is 134 cm³/mol. The summed E-state index contributed by atoms with van der Waals surface area (Å²) in [5, 5.41) is 6.54. The SMILES string of the molecule is C[C@H](Cn1cnc2c(NCCNCCCCCS)ncnc21)OCP(=O)(O)OP(=O)(O)OP(=O)(O)O. The lowest BCUT2D eigenvalue weighted by atomic mass is 10.2. The number of nitrogens with one attached hydrogen (secondary N) is 2. The smallest absolute Gasteiger partial charge is 0.367 e. The average Bonchev–Trinajstić information content (AvgIpc) is 3.15. The fourth-order valence-corrected chi connectivity index (χ4v) is 6.57. The van der Waals surface area contributed by atoms with E-state index in [1.807, 2.05) is 0 Å². The van der Waals surface area contributed by atoms with Crippen molar-refractivity contribution in [3.8, 4) is 0 Å².